The van der Waals surface area contributed by atoms with Crippen LogP contribution in [0, 0.1) is 11.7 Å². The molecule has 1 aromatic rings. The van der Waals surface area contributed by atoms with Gasteiger partial charge in [0, 0.05) is 39.3 Å². The number of morpholine rings is 1. The Bertz CT molecular complexity index is 577. The molecular weight excluding hydrogens is 376 g/mol. The minimum Gasteiger partial charge on any atom is -0.481 e. The second-order valence-corrected chi connectivity index (χ2v) is 5.63. The van der Waals surface area contributed by atoms with Crippen LogP contribution in [0.4, 0.5) is 16.2 Å². The summed E-state index contributed by atoms with van der Waals surface area (Å²) in [4.78, 5) is 23.3. The largest absolute Gasteiger partial charge is 0.481 e. The van der Waals surface area contributed by atoms with Crippen molar-refractivity contribution in [2.24, 2.45) is 5.92 Å². The lowest BCUT2D eigenvalue weighted by Crippen LogP contribution is -2.38. The number of nitrogens with one attached hydrogen (secondary N) is 1. The zero-order valence-corrected chi connectivity index (χ0v) is 15.2. The molecule has 0 radical (unpaired) electrons. The first kappa shape index (κ1) is 21.6. The highest BCUT2D eigenvalue weighted by molar-refractivity contribution is 5.85. The number of carboxylic acids is 1. The molecule has 142 valence electrons. The topological polar surface area (TPSA) is 90.8 Å². The number of carbonyl (C=O) groups is 1. The number of nitrogens with zero attached hydrogens (tertiary/aromatic N) is 4. The SMILES string of the molecule is Cl.Cl.O=C(O)C1CNCCN(c2ncc(F)c(N3CCOCC3)n2)C1. The molecular formula is C14H22Cl2FN5O3. The van der Waals surface area contributed by atoms with E-state index in [0.717, 1.165) is 6.20 Å². The number of rotatable bonds is 3. The van der Waals surface area contributed by atoms with Gasteiger partial charge in [-0.25, -0.2) is 9.37 Å². The molecule has 0 spiro atoms. The lowest BCUT2D eigenvalue weighted by Gasteiger charge is -2.29. The van der Waals surface area contributed by atoms with Crippen molar-refractivity contribution in [3.8, 4) is 0 Å². The standard InChI is InChI=1S/C14H20FN5O3.2ClH/c15-11-8-17-14(18-12(11)19-3-5-23-6-4-19)20-2-1-16-7-10(9-20)13(21)22;;/h8,10,16H,1-7,9H2,(H,21,22);2*1H. The van der Waals surface area contributed by atoms with Crippen molar-refractivity contribution >= 4 is 42.5 Å². The van der Waals surface area contributed by atoms with Crippen LogP contribution in [0.15, 0.2) is 6.20 Å². The second kappa shape index (κ2) is 9.91. The number of aliphatic carboxylic acids is 1. The molecule has 0 saturated carbocycles. The van der Waals surface area contributed by atoms with E-state index >= 15 is 0 Å². The number of carboxylic acid groups (broad SMARTS) is 1. The summed E-state index contributed by atoms with van der Waals surface area (Å²) in [5, 5.41) is 12.3. The Morgan fingerprint density at radius 3 is 2.68 bits per heavy atom. The third-order valence-electron chi connectivity index (χ3n) is 4.05. The van der Waals surface area contributed by atoms with Crippen LogP contribution in [0.3, 0.4) is 0 Å². The molecule has 2 aliphatic heterocycles. The minimum atomic E-state index is -0.861. The van der Waals surface area contributed by atoms with Crippen LogP contribution in [-0.2, 0) is 9.53 Å². The lowest BCUT2D eigenvalue weighted by molar-refractivity contribution is -0.141. The summed E-state index contributed by atoms with van der Waals surface area (Å²) in [5.74, 6) is -1.26. The Balaban J connectivity index is 0.00000156. The van der Waals surface area contributed by atoms with E-state index in [1.54, 1.807) is 4.90 Å². The monoisotopic (exact) mass is 397 g/mol. The van der Waals surface area contributed by atoms with Crippen LogP contribution < -0.4 is 15.1 Å². The van der Waals surface area contributed by atoms with Crippen molar-refractivity contribution in [2.75, 3.05) is 62.3 Å². The molecule has 1 unspecified atom stereocenters. The summed E-state index contributed by atoms with van der Waals surface area (Å²) in [6, 6.07) is 0. The van der Waals surface area contributed by atoms with Gasteiger partial charge >= 0.3 is 5.97 Å². The number of aromatic nitrogens is 2. The number of anilines is 2. The van der Waals surface area contributed by atoms with Gasteiger partial charge in [-0.3, -0.25) is 4.79 Å². The molecule has 25 heavy (non-hydrogen) atoms. The summed E-state index contributed by atoms with van der Waals surface area (Å²) < 4.78 is 19.3. The molecule has 11 heteroatoms. The average Bonchev–Trinajstić information content (AvgIpc) is 2.82. The summed E-state index contributed by atoms with van der Waals surface area (Å²) in [7, 11) is 0. The van der Waals surface area contributed by atoms with Gasteiger partial charge in [0.2, 0.25) is 5.95 Å². The lowest BCUT2D eigenvalue weighted by atomic mass is 10.1. The Morgan fingerprint density at radius 2 is 2.00 bits per heavy atom. The predicted molar refractivity (Wildman–Crippen MR) is 95.7 cm³/mol. The van der Waals surface area contributed by atoms with Gasteiger partial charge in [0.1, 0.15) is 0 Å². The molecule has 2 aliphatic rings. The third-order valence-corrected chi connectivity index (χ3v) is 4.05. The van der Waals surface area contributed by atoms with Gasteiger partial charge in [-0.15, -0.1) is 24.8 Å². The van der Waals surface area contributed by atoms with Crippen LogP contribution in [0.2, 0.25) is 0 Å². The molecule has 3 heterocycles. The molecule has 2 N–H and O–H groups in total. The van der Waals surface area contributed by atoms with Crippen LogP contribution in [0.25, 0.3) is 0 Å². The molecule has 1 aromatic heterocycles. The molecule has 0 aromatic carbocycles. The summed E-state index contributed by atoms with van der Waals surface area (Å²) in [6.07, 6.45) is 1.15. The summed E-state index contributed by atoms with van der Waals surface area (Å²) >= 11 is 0. The Morgan fingerprint density at radius 1 is 1.28 bits per heavy atom. The predicted octanol–water partition coefficient (Wildman–Crippen LogP) is 0.406. The van der Waals surface area contributed by atoms with Crippen molar-refractivity contribution in [1.29, 1.82) is 0 Å². The van der Waals surface area contributed by atoms with E-state index in [4.69, 9.17) is 4.74 Å². The van der Waals surface area contributed by atoms with Crippen molar-refractivity contribution in [3.05, 3.63) is 12.0 Å². The van der Waals surface area contributed by atoms with Gasteiger partial charge in [-0.2, -0.15) is 4.98 Å². The molecule has 0 amide bonds. The van der Waals surface area contributed by atoms with E-state index in [-0.39, 0.29) is 30.6 Å². The van der Waals surface area contributed by atoms with Crippen molar-refractivity contribution in [1.82, 2.24) is 15.3 Å². The molecule has 1 atom stereocenters. The van der Waals surface area contributed by atoms with Gasteiger partial charge in [-0.05, 0) is 0 Å². The van der Waals surface area contributed by atoms with E-state index in [1.807, 2.05) is 4.90 Å². The first-order valence-corrected chi connectivity index (χ1v) is 7.69. The quantitative estimate of drug-likeness (QED) is 0.757. The average molecular weight is 398 g/mol. The van der Waals surface area contributed by atoms with Gasteiger partial charge in [-0.1, -0.05) is 0 Å². The van der Waals surface area contributed by atoms with Gasteiger partial charge < -0.3 is 25.0 Å². The number of hydrogen-bond acceptors (Lipinski definition) is 7. The van der Waals surface area contributed by atoms with E-state index in [2.05, 4.69) is 15.3 Å². The smallest absolute Gasteiger partial charge is 0.309 e. The number of hydrogen-bond donors (Lipinski definition) is 2. The van der Waals surface area contributed by atoms with Crippen LogP contribution in [0.1, 0.15) is 0 Å². The first-order valence-electron chi connectivity index (χ1n) is 7.69. The van der Waals surface area contributed by atoms with Gasteiger partial charge in [0.05, 0.1) is 25.3 Å². The van der Waals surface area contributed by atoms with E-state index in [9.17, 15) is 14.3 Å². The van der Waals surface area contributed by atoms with Crippen molar-refractivity contribution in [3.63, 3.8) is 0 Å². The molecule has 0 bridgehead atoms. The maximum Gasteiger partial charge on any atom is 0.309 e. The molecule has 2 fully saturated rings. The first-order chi connectivity index (χ1) is 11.1. The zero-order valence-electron chi connectivity index (χ0n) is 13.6. The maximum atomic E-state index is 14.1. The number of halogens is 3. The molecule has 0 aliphatic carbocycles. The highest BCUT2D eigenvalue weighted by Gasteiger charge is 2.26. The second-order valence-electron chi connectivity index (χ2n) is 5.63. The van der Waals surface area contributed by atoms with Crippen LogP contribution in [-0.4, -0.2) is 73.5 Å². The van der Waals surface area contributed by atoms with E-state index < -0.39 is 17.7 Å². The van der Waals surface area contributed by atoms with E-state index in [0.29, 0.717) is 58.4 Å². The third kappa shape index (κ3) is 5.27. The van der Waals surface area contributed by atoms with Gasteiger partial charge in [0.25, 0.3) is 0 Å². The zero-order chi connectivity index (χ0) is 16.2. The van der Waals surface area contributed by atoms with Crippen LogP contribution >= 0.6 is 24.8 Å². The molecule has 8 nitrogen and oxygen atoms in total. The Hall–Kier alpha value is -1.42. The minimum absolute atomic E-state index is 0. The maximum absolute atomic E-state index is 14.1. The fourth-order valence-corrected chi connectivity index (χ4v) is 2.76. The Kier molecular flexibility index (Phi) is 8.57. The fourth-order valence-electron chi connectivity index (χ4n) is 2.76. The van der Waals surface area contributed by atoms with Crippen molar-refractivity contribution < 1.29 is 19.0 Å². The number of ether oxygens (including phenoxy) is 1. The summed E-state index contributed by atoms with van der Waals surface area (Å²) in [6.45, 7) is 4.15. The summed E-state index contributed by atoms with van der Waals surface area (Å²) in [5.41, 5.74) is 0. The highest BCUT2D eigenvalue weighted by Crippen LogP contribution is 2.21. The molecule has 2 saturated heterocycles. The normalized spacial score (nSPS) is 20.9. The van der Waals surface area contributed by atoms with E-state index in [1.165, 1.54) is 0 Å². The van der Waals surface area contributed by atoms with Gasteiger partial charge in [0.15, 0.2) is 11.6 Å². The fraction of sp³-hybridized carbons (Fsp3) is 0.643. The van der Waals surface area contributed by atoms with Crippen LogP contribution in [0.5, 0.6) is 0 Å². The Labute approximate surface area is 157 Å². The highest BCUT2D eigenvalue weighted by atomic mass is 35.5. The van der Waals surface area contributed by atoms with Crippen molar-refractivity contribution in [2.45, 2.75) is 0 Å². The molecule has 3 rings (SSSR count).